The number of carbonyl (C=O) groups excluding carboxylic acids is 1. The van der Waals surface area contributed by atoms with Gasteiger partial charge in [0, 0.05) is 0 Å². The van der Waals surface area contributed by atoms with Gasteiger partial charge in [-0.15, -0.1) is 0 Å². The maximum absolute atomic E-state index is 12.0. The van der Waals surface area contributed by atoms with Crippen LogP contribution in [-0.4, -0.2) is 5.97 Å². The average molecular weight is 367 g/mol. The topological polar surface area (TPSA) is 35.5 Å². The molecule has 0 aliphatic heterocycles. The van der Waals surface area contributed by atoms with Crippen molar-refractivity contribution in [2.45, 2.75) is 19.6 Å². The minimum Gasteiger partial charge on any atom is -0.487 e. The SMILES string of the molecule is O=C(Cc1ccc(OCc2ccccc2)c(Cl)c1)OCc1ccccc1. The standard InChI is InChI=1S/C22H19ClO3/c23-20-13-19(14-22(24)26-16-18-9-5-2-6-10-18)11-12-21(20)25-15-17-7-3-1-4-8-17/h1-13H,14-16H2. The summed E-state index contributed by atoms with van der Waals surface area (Å²) in [5.41, 5.74) is 2.82. The van der Waals surface area contributed by atoms with Crippen molar-refractivity contribution in [3.8, 4) is 5.75 Å². The number of esters is 1. The van der Waals surface area contributed by atoms with E-state index in [1.807, 2.05) is 66.7 Å². The lowest BCUT2D eigenvalue weighted by molar-refractivity contribution is -0.144. The van der Waals surface area contributed by atoms with E-state index in [1.54, 1.807) is 12.1 Å². The van der Waals surface area contributed by atoms with Gasteiger partial charge in [-0.2, -0.15) is 0 Å². The Labute approximate surface area is 158 Å². The predicted octanol–water partition coefficient (Wildman–Crippen LogP) is 5.20. The van der Waals surface area contributed by atoms with Gasteiger partial charge in [-0.1, -0.05) is 78.3 Å². The highest BCUT2D eigenvalue weighted by molar-refractivity contribution is 6.32. The van der Waals surface area contributed by atoms with Crippen LogP contribution >= 0.6 is 11.6 Å². The highest BCUT2D eigenvalue weighted by atomic mass is 35.5. The zero-order chi connectivity index (χ0) is 18.2. The third-order valence-electron chi connectivity index (χ3n) is 3.82. The number of rotatable bonds is 7. The molecular weight excluding hydrogens is 348 g/mol. The van der Waals surface area contributed by atoms with Gasteiger partial charge in [0.05, 0.1) is 11.4 Å². The van der Waals surface area contributed by atoms with E-state index in [-0.39, 0.29) is 19.0 Å². The van der Waals surface area contributed by atoms with Crippen LogP contribution in [0.1, 0.15) is 16.7 Å². The van der Waals surface area contributed by atoms with Crippen molar-refractivity contribution in [3.63, 3.8) is 0 Å². The molecule has 3 rings (SSSR count). The van der Waals surface area contributed by atoms with E-state index < -0.39 is 0 Å². The zero-order valence-corrected chi connectivity index (χ0v) is 15.0. The van der Waals surface area contributed by atoms with Crippen molar-refractivity contribution in [3.05, 3.63) is 101 Å². The Balaban J connectivity index is 1.52. The molecular formula is C22H19ClO3. The lowest BCUT2D eigenvalue weighted by Crippen LogP contribution is -2.08. The first-order valence-electron chi connectivity index (χ1n) is 8.35. The van der Waals surface area contributed by atoms with Crippen molar-refractivity contribution in [1.82, 2.24) is 0 Å². The first kappa shape index (κ1) is 18.0. The number of ether oxygens (including phenoxy) is 2. The quantitative estimate of drug-likeness (QED) is 0.539. The number of halogens is 1. The molecule has 26 heavy (non-hydrogen) atoms. The Kier molecular flexibility index (Phi) is 6.29. The van der Waals surface area contributed by atoms with Gasteiger partial charge >= 0.3 is 5.97 Å². The molecule has 0 aliphatic carbocycles. The van der Waals surface area contributed by atoms with Crippen LogP contribution in [0.3, 0.4) is 0 Å². The van der Waals surface area contributed by atoms with Gasteiger partial charge in [-0.05, 0) is 28.8 Å². The number of benzene rings is 3. The van der Waals surface area contributed by atoms with Crippen LogP contribution in [0.15, 0.2) is 78.9 Å². The maximum Gasteiger partial charge on any atom is 0.310 e. The predicted molar refractivity (Wildman–Crippen MR) is 102 cm³/mol. The van der Waals surface area contributed by atoms with Gasteiger partial charge in [-0.3, -0.25) is 4.79 Å². The summed E-state index contributed by atoms with van der Waals surface area (Å²) in [6.45, 7) is 0.713. The Hall–Kier alpha value is -2.78. The molecule has 0 N–H and O–H groups in total. The van der Waals surface area contributed by atoms with Crippen LogP contribution in [0, 0.1) is 0 Å². The van der Waals surface area contributed by atoms with Crippen LogP contribution in [-0.2, 0) is 29.2 Å². The van der Waals surface area contributed by atoms with Crippen molar-refractivity contribution in [2.24, 2.45) is 0 Å². The Bertz CT molecular complexity index is 848. The summed E-state index contributed by atoms with van der Waals surface area (Å²) in [4.78, 5) is 12.0. The van der Waals surface area contributed by atoms with Gasteiger partial charge < -0.3 is 9.47 Å². The first-order valence-corrected chi connectivity index (χ1v) is 8.73. The van der Waals surface area contributed by atoms with Crippen LogP contribution in [0.4, 0.5) is 0 Å². The van der Waals surface area contributed by atoms with Gasteiger partial charge in [0.2, 0.25) is 0 Å². The molecule has 3 aromatic carbocycles. The molecule has 0 radical (unpaired) electrons. The lowest BCUT2D eigenvalue weighted by atomic mass is 10.1. The second-order valence-electron chi connectivity index (χ2n) is 5.86. The molecule has 0 fully saturated rings. The van der Waals surface area contributed by atoms with E-state index >= 15 is 0 Å². The van der Waals surface area contributed by atoms with E-state index in [0.29, 0.717) is 17.4 Å². The Morgan fingerprint density at radius 3 is 2.00 bits per heavy atom. The molecule has 0 aromatic heterocycles. The minimum absolute atomic E-state index is 0.172. The Morgan fingerprint density at radius 2 is 1.38 bits per heavy atom. The number of hydrogen-bond acceptors (Lipinski definition) is 3. The Morgan fingerprint density at radius 1 is 0.769 bits per heavy atom. The van der Waals surface area contributed by atoms with Gasteiger partial charge in [0.25, 0.3) is 0 Å². The highest BCUT2D eigenvalue weighted by Crippen LogP contribution is 2.26. The third-order valence-corrected chi connectivity index (χ3v) is 4.12. The summed E-state index contributed by atoms with van der Waals surface area (Å²) < 4.78 is 11.0. The van der Waals surface area contributed by atoms with Gasteiger partial charge in [0.15, 0.2) is 0 Å². The monoisotopic (exact) mass is 366 g/mol. The fraction of sp³-hybridized carbons (Fsp3) is 0.136. The van der Waals surface area contributed by atoms with E-state index in [9.17, 15) is 4.79 Å². The summed E-state index contributed by atoms with van der Waals surface area (Å²) in [5, 5.41) is 0.481. The van der Waals surface area contributed by atoms with Crippen molar-refractivity contribution in [1.29, 1.82) is 0 Å². The highest BCUT2D eigenvalue weighted by Gasteiger charge is 2.09. The second-order valence-corrected chi connectivity index (χ2v) is 6.27. The van der Waals surface area contributed by atoms with E-state index in [4.69, 9.17) is 21.1 Å². The molecule has 0 aliphatic rings. The molecule has 0 amide bonds. The van der Waals surface area contributed by atoms with Crippen molar-refractivity contribution >= 4 is 17.6 Å². The van der Waals surface area contributed by atoms with Crippen LogP contribution in [0.2, 0.25) is 5.02 Å². The molecule has 3 nitrogen and oxygen atoms in total. The molecule has 0 saturated carbocycles. The summed E-state index contributed by atoms with van der Waals surface area (Å²) in [5.74, 6) is 0.305. The van der Waals surface area contributed by atoms with Crippen LogP contribution in [0.25, 0.3) is 0 Å². The van der Waals surface area contributed by atoms with E-state index in [2.05, 4.69) is 0 Å². The van der Waals surface area contributed by atoms with Gasteiger partial charge in [0.1, 0.15) is 19.0 Å². The summed E-state index contributed by atoms with van der Waals surface area (Å²) >= 11 is 6.27. The molecule has 0 spiro atoms. The third kappa shape index (κ3) is 5.36. The fourth-order valence-electron chi connectivity index (χ4n) is 2.46. The summed E-state index contributed by atoms with van der Waals surface area (Å²) in [6.07, 6.45) is 0.172. The molecule has 0 unspecified atom stereocenters. The molecule has 0 bridgehead atoms. The average Bonchev–Trinajstić information content (AvgIpc) is 2.67. The first-order chi connectivity index (χ1) is 12.7. The molecule has 0 saturated heterocycles. The molecule has 0 heterocycles. The molecule has 4 heteroatoms. The molecule has 3 aromatic rings. The smallest absolute Gasteiger partial charge is 0.310 e. The second kappa shape index (κ2) is 9.07. The summed E-state index contributed by atoms with van der Waals surface area (Å²) in [6, 6.07) is 24.8. The minimum atomic E-state index is -0.289. The molecule has 132 valence electrons. The normalized spacial score (nSPS) is 10.3. The van der Waals surface area contributed by atoms with E-state index in [1.165, 1.54) is 0 Å². The number of hydrogen-bond donors (Lipinski definition) is 0. The summed E-state index contributed by atoms with van der Waals surface area (Å²) in [7, 11) is 0. The van der Waals surface area contributed by atoms with Crippen LogP contribution < -0.4 is 4.74 Å². The molecule has 0 atom stereocenters. The maximum atomic E-state index is 12.0. The van der Waals surface area contributed by atoms with Gasteiger partial charge in [-0.25, -0.2) is 0 Å². The lowest BCUT2D eigenvalue weighted by Gasteiger charge is -2.10. The zero-order valence-electron chi connectivity index (χ0n) is 14.2. The van der Waals surface area contributed by atoms with Crippen molar-refractivity contribution < 1.29 is 14.3 Å². The fourth-order valence-corrected chi connectivity index (χ4v) is 2.72. The van der Waals surface area contributed by atoms with E-state index in [0.717, 1.165) is 16.7 Å². The largest absolute Gasteiger partial charge is 0.487 e. The van der Waals surface area contributed by atoms with Crippen molar-refractivity contribution in [2.75, 3.05) is 0 Å². The number of carbonyl (C=O) groups is 1. The van der Waals surface area contributed by atoms with Crippen LogP contribution in [0.5, 0.6) is 5.75 Å².